The van der Waals surface area contributed by atoms with Gasteiger partial charge in [-0.3, -0.25) is 4.98 Å². The summed E-state index contributed by atoms with van der Waals surface area (Å²) in [4.78, 5) is 4.12. The summed E-state index contributed by atoms with van der Waals surface area (Å²) in [6.45, 7) is 4.19. The molecule has 0 fully saturated rings. The zero-order valence-electron chi connectivity index (χ0n) is 10.2. The Morgan fingerprint density at radius 1 is 1.28 bits per heavy atom. The van der Waals surface area contributed by atoms with Crippen LogP contribution < -0.4 is 5.32 Å². The fourth-order valence-corrected chi connectivity index (χ4v) is 3.49. The second kappa shape index (κ2) is 6.02. The van der Waals surface area contributed by atoms with Crippen molar-refractivity contribution >= 4 is 34.5 Å². The normalized spacial score (nSPS) is 14.4. The number of aromatic nitrogens is 1. The standard InChI is InChI=1S/C13H14Cl2N2S/c1-8(10-4-3-5-16-7-10)17-9(2)11-6-12(14)18-13(11)15/h3-9,17H,1-2H3/t8-,9?/m0/s1. The third-order valence-electron chi connectivity index (χ3n) is 2.83. The number of nitrogens with zero attached hydrogens (tertiary/aromatic N) is 1. The molecule has 2 aromatic heterocycles. The molecule has 96 valence electrons. The number of hydrogen-bond acceptors (Lipinski definition) is 3. The molecule has 0 saturated heterocycles. The molecule has 2 aromatic rings. The van der Waals surface area contributed by atoms with Gasteiger partial charge in [0.2, 0.25) is 0 Å². The molecule has 1 N–H and O–H groups in total. The summed E-state index contributed by atoms with van der Waals surface area (Å²) < 4.78 is 1.47. The van der Waals surface area contributed by atoms with Gasteiger partial charge in [-0.05, 0) is 37.1 Å². The number of pyridine rings is 1. The Kier molecular flexibility index (Phi) is 4.62. The van der Waals surface area contributed by atoms with Crippen molar-refractivity contribution in [3.05, 3.63) is 50.4 Å². The summed E-state index contributed by atoms with van der Waals surface area (Å²) >= 11 is 13.5. The van der Waals surface area contributed by atoms with Gasteiger partial charge in [0.15, 0.2) is 0 Å². The van der Waals surface area contributed by atoms with Crippen LogP contribution >= 0.6 is 34.5 Å². The molecule has 0 saturated carbocycles. The largest absolute Gasteiger partial charge is 0.304 e. The lowest BCUT2D eigenvalue weighted by atomic mass is 10.1. The van der Waals surface area contributed by atoms with Crippen LogP contribution in [0, 0.1) is 0 Å². The van der Waals surface area contributed by atoms with Crippen molar-refractivity contribution in [2.24, 2.45) is 0 Å². The van der Waals surface area contributed by atoms with Gasteiger partial charge in [-0.25, -0.2) is 0 Å². The highest BCUT2D eigenvalue weighted by atomic mass is 35.5. The highest BCUT2D eigenvalue weighted by Crippen LogP contribution is 2.35. The van der Waals surface area contributed by atoms with Gasteiger partial charge in [-0.1, -0.05) is 29.3 Å². The monoisotopic (exact) mass is 300 g/mol. The van der Waals surface area contributed by atoms with Crippen molar-refractivity contribution in [1.29, 1.82) is 0 Å². The zero-order chi connectivity index (χ0) is 13.1. The van der Waals surface area contributed by atoms with Gasteiger partial charge in [0, 0.05) is 24.5 Å². The molecule has 0 radical (unpaired) electrons. The molecule has 0 amide bonds. The van der Waals surface area contributed by atoms with Gasteiger partial charge in [0.25, 0.3) is 0 Å². The summed E-state index contributed by atoms with van der Waals surface area (Å²) in [6.07, 6.45) is 3.64. The van der Waals surface area contributed by atoms with Gasteiger partial charge >= 0.3 is 0 Å². The summed E-state index contributed by atoms with van der Waals surface area (Å²) in [5, 5.41) is 3.49. The van der Waals surface area contributed by atoms with Crippen LogP contribution in [0.15, 0.2) is 30.6 Å². The zero-order valence-corrected chi connectivity index (χ0v) is 12.5. The average molecular weight is 301 g/mol. The predicted octanol–water partition coefficient (Wildman–Crippen LogP) is 4.86. The molecule has 2 heterocycles. The Morgan fingerprint density at radius 2 is 2.06 bits per heavy atom. The summed E-state index contributed by atoms with van der Waals surface area (Å²) in [5.41, 5.74) is 2.20. The minimum absolute atomic E-state index is 0.149. The van der Waals surface area contributed by atoms with Crippen molar-refractivity contribution in [3.63, 3.8) is 0 Å². The highest BCUT2D eigenvalue weighted by Gasteiger charge is 2.16. The Bertz CT molecular complexity index is 513. The van der Waals surface area contributed by atoms with Crippen molar-refractivity contribution in [1.82, 2.24) is 10.3 Å². The van der Waals surface area contributed by atoms with E-state index in [1.165, 1.54) is 11.3 Å². The molecule has 0 aromatic carbocycles. The van der Waals surface area contributed by atoms with Crippen molar-refractivity contribution in [3.8, 4) is 0 Å². The van der Waals surface area contributed by atoms with Crippen LogP contribution in [-0.2, 0) is 0 Å². The van der Waals surface area contributed by atoms with Gasteiger partial charge in [-0.15, -0.1) is 11.3 Å². The molecule has 2 nitrogen and oxygen atoms in total. The first-order chi connectivity index (χ1) is 8.58. The topological polar surface area (TPSA) is 24.9 Å². The highest BCUT2D eigenvalue weighted by molar-refractivity contribution is 7.20. The lowest BCUT2D eigenvalue weighted by molar-refractivity contribution is 0.495. The second-order valence-electron chi connectivity index (χ2n) is 4.18. The molecule has 2 atom stereocenters. The maximum atomic E-state index is 6.15. The summed E-state index contributed by atoms with van der Waals surface area (Å²) in [5.74, 6) is 0. The minimum Gasteiger partial charge on any atom is -0.304 e. The lowest BCUT2D eigenvalue weighted by Gasteiger charge is -2.19. The molecule has 5 heteroatoms. The van der Waals surface area contributed by atoms with Gasteiger partial charge in [0.05, 0.1) is 8.67 Å². The molecule has 1 unspecified atom stereocenters. The second-order valence-corrected chi connectivity index (χ2v) is 6.46. The lowest BCUT2D eigenvalue weighted by Crippen LogP contribution is -2.22. The van der Waals surface area contributed by atoms with E-state index in [0.29, 0.717) is 0 Å². The van der Waals surface area contributed by atoms with E-state index in [2.05, 4.69) is 30.2 Å². The molecule has 2 rings (SSSR count). The minimum atomic E-state index is 0.149. The number of nitrogens with one attached hydrogen (secondary N) is 1. The van der Waals surface area contributed by atoms with E-state index in [1.54, 1.807) is 6.20 Å². The Balaban J connectivity index is 2.08. The third-order valence-corrected chi connectivity index (χ3v) is 4.35. The van der Waals surface area contributed by atoms with Crippen LogP contribution in [-0.4, -0.2) is 4.98 Å². The third kappa shape index (κ3) is 3.23. The predicted molar refractivity (Wildman–Crippen MR) is 78.5 cm³/mol. The fourth-order valence-electron chi connectivity index (χ4n) is 1.84. The first-order valence-electron chi connectivity index (χ1n) is 5.68. The fraction of sp³-hybridized carbons (Fsp3) is 0.308. The molecule has 0 aliphatic carbocycles. The van der Waals surface area contributed by atoms with E-state index in [0.717, 1.165) is 19.8 Å². The van der Waals surface area contributed by atoms with E-state index < -0.39 is 0 Å². The molecule has 0 bridgehead atoms. The Labute approximate surface area is 121 Å². The van der Waals surface area contributed by atoms with Gasteiger partial charge in [-0.2, -0.15) is 0 Å². The summed E-state index contributed by atoms with van der Waals surface area (Å²) in [7, 11) is 0. The van der Waals surface area contributed by atoms with E-state index in [9.17, 15) is 0 Å². The van der Waals surface area contributed by atoms with E-state index in [-0.39, 0.29) is 12.1 Å². The molecule has 0 spiro atoms. The van der Waals surface area contributed by atoms with Crippen molar-refractivity contribution in [2.75, 3.05) is 0 Å². The number of hydrogen-bond donors (Lipinski definition) is 1. The van der Waals surface area contributed by atoms with Crippen LogP contribution in [0.5, 0.6) is 0 Å². The van der Waals surface area contributed by atoms with Crippen molar-refractivity contribution < 1.29 is 0 Å². The molecular weight excluding hydrogens is 287 g/mol. The maximum absolute atomic E-state index is 6.15. The smallest absolute Gasteiger partial charge is 0.0991 e. The van der Waals surface area contributed by atoms with E-state index >= 15 is 0 Å². The number of rotatable bonds is 4. The number of thiophene rings is 1. The molecule has 18 heavy (non-hydrogen) atoms. The van der Waals surface area contributed by atoms with Crippen LogP contribution in [0.2, 0.25) is 8.67 Å². The average Bonchev–Trinajstić information content (AvgIpc) is 2.69. The van der Waals surface area contributed by atoms with Gasteiger partial charge in [0.1, 0.15) is 0 Å². The molecular formula is C13H14Cl2N2S. The van der Waals surface area contributed by atoms with Crippen molar-refractivity contribution in [2.45, 2.75) is 25.9 Å². The van der Waals surface area contributed by atoms with Crippen LogP contribution in [0.4, 0.5) is 0 Å². The van der Waals surface area contributed by atoms with Crippen LogP contribution in [0.3, 0.4) is 0 Å². The van der Waals surface area contributed by atoms with Crippen LogP contribution in [0.25, 0.3) is 0 Å². The summed E-state index contributed by atoms with van der Waals surface area (Å²) in [6, 6.07) is 6.27. The SMILES string of the molecule is CC(N[C@@H](C)c1cccnc1)c1cc(Cl)sc1Cl. The Morgan fingerprint density at radius 3 is 2.61 bits per heavy atom. The van der Waals surface area contributed by atoms with E-state index in [4.69, 9.17) is 23.2 Å². The first kappa shape index (κ1) is 13.8. The van der Waals surface area contributed by atoms with E-state index in [1.807, 2.05) is 18.3 Å². The Hall–Kier alpha value is -0.610. The number of halogens is 2. The van der Waals surface area contributed by atoms with Crippen LogP contribution in [0.1, 0.15) is 37.1 Å². The first-order valence-corrected chi connectivity index (χ1v) is 7.26. The van der Waals surface area contributed by atoms with Gasteiger partial charge < -0.3 is 5.32 Å². The molecule has 0 aliphatic heterocycles. The molecule has 0 aliphatic rings. The quantitative estimate of drug-likeness (QED) is 0.872. The maximum Gasteiger partial charge on any atom is 0.0991 e.